The summed E-state index contributed by atoms with van der Waals surface area (Å²) in [5.41, 5.74) is 7.55. The molecule has 0 spiro atoms. The molecule has 2 rings (SSSR count). The van der Waals surface area contributed by atoms with Gasteiger partial charge in [-0.1, -0.05) is 0 Å². The minimum Gasteiger partial charge on any atom is -0.465 e. The Bertz CT molecular complexity index is 400. The fraction of sp³-hybridized carbons (Fsp3) is 0.417. The second kappa shape index (κ2) is 4.43. The van der Waals surface area contributed by atoms with Crippen LogP contribution in [-0.4, -0.2) is 19.1 Å². The van der Waals surface area contributed by atoms with E-state index in [0.29, 0.717) is 17.3 Å². The van der Waals surface area contributed by atoms with Crippen LogP contribution >= 0.6 is 0 Å². The molecule has 3 N–H and O–H groups in total. The molecule has 1 aliphatic carbocycles. The van der Waals surface area contributed by atoms with Crippen molar-refractivity contribution in [2.24, 2.45) is 0 Å². The third-order valence-corrected chi connectivity index (χ3v) is 2.91. The number of hydrogen-bond donors (Lipinski definition) is 2. The maximum Gasteiger partial charge on any atom is 0.340 e. The smallest absolute Gasteiger partial charge is 0.340 e. The number of esters is 1. The molecule has 4 heteroatoms. The molecule has 0 atom stereocenters. The van der Waals surface area contributed by atoms with Crippen LogP contribution in [0.1, 0.15) is 29.6 Å². The van der Waals surface area contributed by atoms with E-state index in [0.717, 1.165) is 18.5 Å². The highest BCUT2D eigenvalue weighted by molar-refractivity contribution is 5.96. The van der Waals surface area contributed by atoms with Crippen molar-refractivity contribution < 1.29 is 9.53 Å². The van der Waals surface area contributed by atoms with Crippen LogP contribution in [0.5, 0.6) is 0 Å². The summed E-state index contributed by atoms with van der Waals surface area (Å²) in [6, 6.07) is 5.74. The van der Waals surface area contributed by atoms with Crippen molar-refractivity contribution in [3.8, 4) is 0 Å². The van der Waals surface area contributed by atoms with E-state index in [2.05, 4.69) is 5.32 Å². The molecule has 0 bridgehead atoms. The summed E-state index contributed by atoms with van der Waals surface area (Å²) in [4.78, 5) is 11.6. The lowest BCUT2D eigenvalue weighted by Gasteiger charge is -2.28. The summed E-state index contributed by atoms with van der Waals surface area (Å²) in [6.45, 7) is 0. The molecular weight excluding hydrogens is 204 g/mol. The number of ether oxygens (including phenoxy) is 1. The number of carbonyl (C=O) groups is 1. The third kappa shape index (κ3) is 2.10. The molecule has 1 aromatic rings. The standard InChI is InChI=1S/C12H16N2O2/c1-16-12(15)10-7-8(13)5-6-11(10)14-9-3-2-4-9/h5-7,9,14H,2-4,13H2,1H3. The first-order valence-electron chi connectivity index (χ1n) is 5.45. The predicted octanol–water partition coefficient (Wildman–Crippen LogP) is 2.02. The van der Waals surface area contributed by atoms with Gasteiger partial charge in [-0.2, -0.15) is 0 Å². The maximum absolute atomic E-state index is 11.6. The van der Waals surface area contributed by atoms with Gasteiger partial charge in [-0.25, -0.2) is 4.79 Å². The lowest BCUT2D eigenvalue weighted by Crippen LogP contribution is -2.28. The van der Waals surface area contributed by atoms with Crippen molar-refractivity contribution in [2.75, 3.05) is 18.2 Å². The zero-order chi connectivity index (χ0) is 11.5. The molecule has 0 unspecified atom stereocenters. The van der Waals surface area contributed by atoms with Crippen molar-refractivity contribution in [3.63, 3.8) is 0 Å². The summed E-state index contributed by atoms with van der Waals surface area (Å²) in [5.74, 6) is -0.353. The van der Waals surface area contributed by atoms with Gasteiger partial charge in [0.2, 0.25) is 0 Å². The van der Waals surface area contributed by atoms with Crippen LogP contribution < -0.4 is 11.1 Å². The van der Waals surface area contributed by atoms with Crippen molar-refractivity contribution in [2.45, 2.75) is 25.3 Å². The fourth-order valence-electron chi connectivity index (χ4n) is 1.74. The zero-order valence-electron chi connectivity index (χ0n) is 9.32. The predicted molar refractivity (Wildman–Crippen MR) is 63.5 cm³/mol. The Balaban J connectivity index is 2.23. The molecule has 1 fully saturated rings. The van der Waals surface area contributed by atoms with Crippen molar-refractivity contribution >= 4 is 17.3 Å². The van der Waals surface area contributed by atoms with Crippen molar-refractivity contribution in [1.29, 1.82) is 0 Å². The summed E-state index contributed by atoms with van der Waals surface area (Å²) >= 11 is 0. The molecule has 0 saturated heterocycles. The van der Waals surface area contributed by atoms with Crippen LogP contribution in [0.2, 0.25) is 0 Å². The van der Waals surface area contributed by atoms with Crippen LogP contribution in [-0.2, 0) is 4.74 Å². The van der Waals surface area contributed by atoms with Gasteiger partial charge < -0.3 is 15.8 Å². The molecule has 0 radical (unpaired) electrons. The minimum absolute atomic E-state index is 0.353. The van der Waals surface area contributed by atoms with E-state index in [9.17, 15) is 4.79 Å². The first kappa shape index (κ1) is 10.8. The van der Waals surface area contributed by atoms with Gasteiger partial charge in [-0.15, -0.1) is 0 Å². The average molecular weight is 220 g/mol. The fourth-order valence-corrected chi connectivity index (χ4v) is 1.74. The molecule has 0 aliphatic heterocycles. The van der Waals surface area contributed by atoms with Gasteiger partial charge in [0.05, 0.1) is 12.7 Å². The quantitative estimate of drug-likeness (QED) is 0.604. The van der Waals surface area contributed by atoms with E-state index >= 15 is 0 Å². The van der Waals surface area contributed by atoms with Gasteiger partial charge >= 0.3 is 5.97 Å². The number of rotatable bonds is 3. The molecule has 4 nitrogen and oxygen atoms in total. The van der Waals surface area contributed by atoms with E-state index < -0.39 is 0 Å². The minimum atomic E-state index is -0.353. The van der Waals surface area contributed by atoms with Gasteiger partial charge in [-0.05, 0) is 37.5 Å². The Hall–Kier alpha value is -1.71. The zero-order valence-corrected chi connectivity index (χ0v) is 9.32. The molecule has 1 aliphatic rings. The highest BCUT2D eigenvalue weighted by Gasteiger charge is 2.20. The molecule has 1 saturated carbocycles. The average Bonchev–Trinajstić information content (AvgIpc) is 2.23. The third-order valence-electron chi connectivity index (χ3n) is 2.91. The Morgan fingerprint density at radius 3 is 2.81 bits per heavy atom. The second-order valence-electron chi connectivity index (χ2n) is 4.07. The Morgan fingerprint density at radius 2 is 2.25 bits per heavy atom. The summed E-state index contributed by atoms with van der Waals surface area (Å²) in [6.07, 6.45) is 3.57. The highest BCUT2D eigenvalue weighted by atomic mass is 16.5. The lowest BCUT2D eigenvalue weighted by molar-refractivity contribution is 0.0602. The van der Waals surface area contributed by atoms with Crippen LogP contribution in [0.25, 0.3) is 0 Å². The monoisotopic (exact) mass is 220 g/mol. The van der Waals surface area contributed by atoms with Crippen LogP contribution in [0, 0.1) is 0 Å². The number of carbonyl (C=O) groups excluding carboxylic acids is 1. The highest BCUT2D eigenvalue weighted by Crippen LogP contribution is 2.26. The van der Waals surface area contributed by atoms with Gasteiger partial charge in [0.15, 0.2) is 0 Å². The topological polar surface area (TPSA) is 64.3 Å². The summed E-state index contributed by atoms with van der Waals surface area (Å²) < 4.78 is 4.73. The molecule has 0 aromatic heterocycles. The number of benzene rings is 1. The second-order valence-corrected chi connectivity index (χ2v) is 4.07. The largest absolute Gasteiger partial charge is 0.465 e. The van der Waals surface area contributed by atoms with E-state index in [1.54, 1.807) is 12.1 Å². The van der Waals surface area contributed by atoms with Gasteiger partial charge in [0.1, 0.15) is 0 Å². The van der Waals surface area contributed by atoms with Gasteiger partial charge in [0, 0.05) is 17.4 Å². The van der Waals surface area contributed by atoms with Crippen LogP contribution in [0.3, 0.4) is 0 Å². The summed E-state index contributed by atoms with van der Waals surface area (Å²) in [5, 5.41) is 3.33. The van der Waals surface area contributed by atoms with E-state index in [1.807, 2.05) is 6.07 Å². The number of nitrogens with two attached hydrogens (primary N) is 1. The Kier molecular flexibility index (Phi) is 2.99. The molecule has 0 amide bonds. The number of methoxy groups -OCH3 is 1. The number of anilines is 2. The Morgan fingerprint density at radius 1 is 1.50 bits per heavy atom. The van der Waals surface area contributed by atoms with Gasteiger partial charge in [-0.3, -0.25) is 0 Å². The van der Waals surface area contributed by atoms with E-state index in [4.69, 9.17) is 10.5 Å². The molecule has 1 aromatic carbocycles. The molecule has 16 heavy (non-hydrogen) atoms. The maximum atomic E-state index is 11.6. The first-order chi connectivity index (χ1) is 7.70. The van der Waals surface area contributed by atoms with E-state index in [-0.39, 0.29) is 5.97 Å². The van der Waals surface area contributed by atoms with Crippen LogP contribution in [0.15, 0.2) is 18.2 Å². The molecule has 0 heterocycles. The number of nitrogens with one attached hydrogen (secondary N) is 1. The van der Waals surface area contributed by atoms with Crippen LogP contribution in [0.4, 0.5) is 11.4 Å². The van der Waals surface area contributed by atoms with Gasteiger partial charge in [0.25, 0.3) is 0 Å². The summed E-state index contributed by atoms with van der Waals surface area (Å²) in [7, 11) is 1.37. The molecular formula is C12H16N2O2. The van der Waals surface area contributed by atoms with E-state index in [1.165, 1.54) is 13.5 Å². The SMILES string of the molecule is COC(=O)c1cc(N)ccc1NC1CCC1. The first-order valence-corrected chi connectivity index (χ1v) is 5.45. The lowest BCUT2D eigenvalue weighted by atomic mass is 9.92. The number of hydrogen-bond acceptors (Lipinski definition) is 4. The molecule has 86 valence electrons. The van der Waals surface area contributed by atoms with Crippen molar-refractivity contribution in [1.82, 2.24) is 0 Å². The number of nitrogen functional groups attached to an aromatic ring is 1. The Labute approximate surface area is 94.8 Å². The normalized spacial score (nSPS) is 15.3. The van der Waals surface area contributed by atoms with Crippen molar-refractivity contribution in [3.05, 3.63) is 23.8 Å².